The number of fused-ring (bicyclic) bond motifs is 1. The van der Waals surface area contributed by atoms with Crippen molar-refractivity contribution in [2.75, 3.05) is 17.6 Å². The predicted octanol–water partition coefficient (Wildman–Crippen LogP) is 3.42. The average Bonchev–Trinajstić information content (AvgIpc) is 2.51. The fraction of sp³-hybridized carbons (Fsp3) is 0.118. The molecule has 2 aromatic rings. The molecule has 0 bridgehead atoms. The van der Waals surface area contributed by atoms with Crippen LogP contribution in [-0.2, 0) is 0 Å². The molecule has 0 atom stereocenters. The first-order valence-electron chi connectivity index (χ1n) is 6.80. The number of anilines is 2. The van der Waals surface area contributed by atoms with Crippen LogP contribution in [0.15, 0.2) is 42.5 Å². The van der Waals surface area contributed by atoms with Crippen LogP contribution in [0.4, 0.5) is 11.4 Å². The summed E-state index contributed by atoms with van der Waals surface area (Å²) in [6, 6.07) is 11.5. The third-order valence-corrected chi connectivity index (χ3v) is 3.52. The van der Waals surface area contributed by atoms with E-state index in [0.29, 0.717) is 0 Å². The number of nitrogens with two attached hydrogens (primary N) is 1. The van der Waals surface area contributed by atoms with Crippen molar-refractivity contribution in [2.45, 2.75) is 6.92 Å². The first-order valence-corrected chi connectivity index (χ1v) is 6.80. The summed E-state index contributed by atoms with van der Waals surface area (Å²) in [7, 11) is 0. The first-order chi connectivity index (χ1) is 10.2. The molecule has 0 unspecified atom stereocenters. The number of nitrogens with one attached hydrogen (secondary N) is 2. The first kappa shape index (κ1) is 13.2. The van der Waals surface area contributed by atoms with Crippen LogP contribution in [0.5, 0.6) is 5.75 Å². The lowest BCUT2D eigenvalue weighted by Gasteiger charge is -2.20. The van der Waals surface area contributed by atoms with Crippen molar-refractivity contribution in [3.63, 3.8) is 0 Å². The van der Waals surface area contributed by atoms with Gasteiger partial charge in [0.25, 0.3) is 0 Å². The summed E-state index contributed by atoms with van der Waals surface area (Å²) in [5, 5.41) is 10.7. The van der Waals surface area contributed by atoms with Gasteiger partial charge in [0.1, 0.15) is 11.5 Å². The van der Waals surface area contributed by atoms with Gasteiger partial charge >= 0.3 is 0 Å². The van der Waals surface area contributed by atoms with Crippen LogP contribution in [0.2, 0.25) is 0 Å². The van der Waals surface area contributed by atoms with Crippen molar-refractivity contribution in [2.24, 2.45) is 0 Å². The number of hydrogen-bond donors (Lipinski definition) is 3. The van der Waals surface area contributed by atoms with Crippen LogP contribution in [0.1, 0.15) is 16.7 Å². The van der Waals surface area contributed by atoms with Gasteiger partial charge in [-0.3, -0.25) is 0 Å². The molecule has 4 heteroatoms. The zero-order valence-electron chi connectivity index (χ0n) is 11.8. The Morgan fingerprint density at radius 1 is 1.24 bits per heavy atom. The molecule has 0 aromatic heterocycles. The summed E-state index contributed by atoms with van der Waals surface area (Å²) in [5.41, 5.74) is 10.4. The number of benzene rings is 2. The van der Waals surface area contributed by atoms with Gasteiger partial charge < -0.3 is 21.2 Å². The maximum absolute atomic E-state index is 7.38. The molecule has 1 aliphatic rings. The third-order valence-electron chi connectivity index (χ3n) is 3.52. The van der Waals surface area contributed by atoms with E-state index in [-0.39, 0.29) is 0 Å². The molecule has 3 rings (SSSR count). The topological polar surface area (TPSA) is 71.1 Å². The fourth-order valence-electron chi connectivity index (χ4n) is 2.31. The summed E-state index contributed by atoms with van der Waals surface area (Å²) in [5.74, 6) is 1.57. The maximum Gasteiger partial charge on any atom is 0.134 e. The van der Waals surface area contributed by atoms with Gasteiger partial charge in [-0.1, -0.05) is 6.07 Å². The highest BCUT2D eigenvalue weighted by atomic mass is 16.5. The average molecular weight is 279 g/mol. The minimum atomic E-state index is 0.722. The van der Waals surface area contributed by atoms with Crippen molar-refractivity contribution in [1.82, 2.24) is 0 Å². The van der Waals surface area contributed by atoms with E-state index in [1.54, 1.807) is 0 Å². The van der Waals surface area contributed by atoms with Crippen molar-refractivity contribution < 1.29 is 4.74 Å². The number of ether oxygens (including phenoxy) is 1. The normalized spacial score (nSPS) is 12.9. The number of aryl methyl sites for hydroxylation is 1. The van der Waals surface area contributed by atoms with E-state index in [1.165, 1.54) is 6.21 Å². The smallest absolute Gasteiger partial charge is 0.134 e. The molecule has 0 radical (unpaired) electrons. The highest BCUT2D eigenvalue weighted by molar-refractivity contribution is 5.84. The van der Waals surface area contributed by atoms with E-state index in [1.807, 2.05) is 49.4 Å². The Kier molecular flexibility index (Phi) is 3.36. The molecule has 2 aromatic carbocycles. The Hall–Kier alpha value is -2.75. The van der Waals surface area contributed by atoms with Crippen LogP contribution in [-0.4, -0.2) is 12.8 Å². The van der Waals surface area contributed by atoms with Gasteiger partial charge in [-0.05, 0) is 54.5 Å². The summed E-state index contributed by atoms with van der Waals surface area (Å²) in [4.78, 5) is 0. The highest BCUT2D eigenvalue weighted by Gasteiger charge is 2.15. The maximum atomic E-state index is 7.38. The predicted molar refractivity (Wildman–Crippen MR) is 87.0 cm³/mol. The largest absolute Gasteiger partial charge is 0.457 e. The lowest BCUT2D eigenvalue weighted by atomic mass is 10.0. The minimum absolute atomic E-state index is 0.722. The van der Waals surface area contributed by atoms with Crippen molar-refractivity contribution >= 4 is 23.3 Å². The second kappa shape index (κ2) is 5.32. The third kappa shape index (κ3) is 2.60. The van der Waals surface area contributed by atoms with Gasteiger partial charge in [0.05, 0.1) is 0 Å². The summed E-state index contributed by atoms with van der Waals surface area (Å²) >= 11 is 0. The Labute approximate surface area is 123 Å². The molecule has 0 aliphatic carbocycles. The molecule has 4 N–H and O–H groups in total. The lowest BCUT2D eigenvalue weighted by Crippen LogP contribution is -2.11. The molecule has 0 spiro atoms. The Morgan fingerprint density at radius 3 is 2.86 bits per heavy atom. The Morgan fingerprint density at radius 2 is 2.10 bits per heavy atom. The van der Waals surface area contributed by atoms with Crippen molar-refractivity contribution in [3.05, 3.63) is 59.2 Å². The summed E-state index contributed by atoms with van der Waals surface area (Å²) < 4.78 is 6.01. The zero-order chi connectivity index (χ0) is 14.8. The van der Waals surface area contributed by atoms with Gasteiger partial charge in [-0.25, -0.2) is 0 Å². The Balaban J connectivity index is 1.94. The van der Waals surface area contributed by atoms with Crippen molar-refractivity contribution in [3.8, 4) is 5.75 Å². The standard InChI is InChI=1S/C17H17N3O/c1-11-8-13(3-4-15(11)19)21-17-6-7-20-16-5-2-12(10-18)9-14(16)17/h2-6,8-10,18,20H,7,19H2,1H3. The zero-order valence-corrected chi connectivity index (χ0v) is 11.8. The van der Waals surface area contributed by atoms with Crippen LogP contribution in [0.25, 0.3) is 5.76 Å². The molecular weight excluding hydrogens is 262 g/mol. The number of rotatable bonds is 3. The fourth-order valence-corrected chi connectivity index (χ4v) is 2.31. The summed E-state index contributed by atoms with van der Waals surface area (Å²) in [6.45, 7) is 2.68. The molecule has 1 aliphatic heterocycles. The van der Waals surface area contributed by atoms with E-state index in [2.05, 4.69) is 5.32 Å². The van der Waals surface area contributed by atoms with E-state index < -0.39 is 0 Å². The second-order valence-electron chi connectivity index (χ2n) is 5.02. The number of nitrogen functional groups attached to an aromatic ring is 1. The van der Waals surface area contributed by atoms with Crippen LogP contribution in [0.3, 0.4) is 0 Å². The van der Waals surface area contributed by atoms with Crippen LogP contribution in [0, 0.1) is 12.3 Å². The Bertz CT molecular complexity index is 735. The molecule has 106 valence electrons. The SMILES string of the molecule is Cc1cc(OC2=CCNc3ccc(C=N)cc32)ccc1N. The van der Waals surface area contributed by atoms with Crippen LogP contribution < -0.4 is 15.8 Å². The number of hydrogen-bond acceptors (Lipinski definition) is 4. The van der Waals surface area contributed by atoms with E-state index in [4.69, 9.17) is 15.9 Å². The van der Waals surface area contributed by atoms with Gasteiger partial charge in [0.15, 0.2) is 0 Å². The van der Waals surface area contributed by atoms with Crippen LogP contribution >= 0.6 is 0 Å². The monoisotopic (exact) mass is 279 g/mol. The molecule has 0 saturated carbocycles. The van der Waals surface area contributed by atoms with Gasteiger partial charge in [0.2, 0.25) is 0 Å². The van der Waals surface area contributed by atoms with E-state index in [0.717, 1.165) is 46.1 Å². The molecule has 4 nitrogen and oxygen atoms in total. The quantitative estimate of drug-likeness (QED) is 0.595. The van der Waals surface area contributed by atoms with Gasteiger partial charge in [0, 0.05) is 29.7 Å². The molecule has 0 saturated heterocycles. The van der Waals surface area contributed by atoms with E-state index in [9.17, 15) is 0 Å². The molecule has 21 heavy (non-hydrogen) atoms. The lowest BCUT2D eigenvalue weighted by molar-refractivity contribution is 0.512. The minimum Gasteiger partial charge on any atom is -0.457 e. The van der Waals surface area contributed by atoms with Crippen molar-refractivity contribution in [1.29, 1.82) is 5.41 Å². The highest BCUT2D eigenvalue weighted by Crippen LogP contribution is 2.31. The summed E-state index contributed by atoms with van der Waals surface area (Å²) in [6.07, 6.45) is 3.33. The molecule has 0 amide bonds. The molecular formula is C17H17N3O. The van der Waals surface area contributed by atoms with Gasteiger partial charge in [-0.2, -0.15) is 0 Å². The van der Waals surface area contributed by atoms with Gasteiger partial charge in [-0.15, -0.1) is 0 Å². The second-order valence-corrected chi connectivity index (χ2v) is 5.02. The van der Waals surface area contributed by atoms with E-state index >= 15 is 0 Å². The molecule has 1 heterocycles. The molecule has 0 fully saturated rings.